The Morgan fingerprint density at radius 1 is 1.50 bits per heavy atom. The zero-order valence-electron chi connectivity index (χ0n) is 8.64. The summed E-state index contributed by atoms with van der Waals surface area (Å²) in [7, 11) is 0. The van der Waals surface area contributed by atoms with Gasteiger partial charge in [-0.05, 0) is 17.9 Å². The average molecular weight is 238 g/mol. The van der Waals surface area contributed by atoms with Crippen LogP contribution in [0.3, 0.4) is 0 Å². The van der Waals surface area contributed by atoms with Crippen molar-refractivity contribution in [2.45, 2.75) is 19.8 Å². The maximum absolute atomic E-state index is 10.4. The fourth-order valence-corrected chi connectivity index (χ4v) is 2.08. The lowest BCUT2D eigenvalue weighted by molar-refractivity contribution is -0.137. The quantitative estimate of drug-likeness (QED) is 0.882. The smallest absolute Gasteiger partial charge is 0.303 e. The number of rotatable bonds is 4. The van der Waals surface area contributed by atoms with Crippen LogP contribution in [0.5, 0.6) is 0 Å². The van der Waals surface area contributed by atoms with E-state index in [0.29, 0.717) is 11.8 Å². The molecule has 0 radical (unpaired) electrons. The molecule has 0 bridgehead atoms. The van der Waals surface area contributed by atoms with Gasteiger partial charge in [-0.1, -0.05) is 0 Å². The second-order valence-corrected chi connectivity index (χ2v) is 4.11. The van der Waals surface area contributed by atoms with E-state index in [1.54, 1.807) is 11.3 Å². The first-order valence-electron chi connectivity index (χ1n) is 4.74. The molecular formula is C10H10N2O3S. The van der Waals surface area contributed by atoms with Gasteiger partial charge in [-0.25, -0.2) is 0 Å². The molecule has 0 aliphatic rings. The molecule has 0 spiro atoms. The van der Waals surface area contributed by atoms with E-state index < -0.39 is 5.97 Å². The van der Waals surface area contributed by atoms with Crippen LogP contribution in [0.15, 0.2) is 15.2 Å². The third-order valence-electron chi connectivity index (χ3n) is 2.11. The minimum Gasteiger partial charge on any atom is -0.481 e. The van der Waals surface area contributed by atoms with Gasteiger partial charge in [0.1, 0.15) is 0 Å². The predicted molar refractivity (Wildman–Crippen MR) is 58.3 cm³/mol. The molecule has 0 saturated heterocycles. The van der Waals surface area contributed by atoms with Gasteiger partial charge < -0.3 is 9.52 Å². The number of aliphatic carboxylic acids is 1. The van der Waals surface area contributed by atoms with Crippen LogP contribution in [0.4, 0.5) is 0 Å². The van der Waals surface area contributed by atoms with Crippen LogP contribution in [-0.2, 0) is 11.2 Å². The number of carbonyl (C=O) groups is 1. The highest BCUT2D eigenvalue weighted by Gasteiger charge is 2.12. The molecule has 0 atom stereocenters. The summed E-state index contributed by atoms with van der Waals surface area (Å²) in [6, 6.07) is 0. The van der Waals surface area contributed by atoms with Gasteiger partial charge in [0.15, 0.2) is 0 Å². The van der Waals surface area contributed by atoms with Gasteiger partial charge in [-0.2, -0.15) is 11.3 Å². The highest BCUT2D eigenvalue weighted by molar-refractivity contribution is 7.08. The van der Waals surface area contributed by atoms with Crippen LogP contribution >= 0.6 is 11.3 Å². The standard InChI is InChI=1S/C10H10N2O3S/c1-6-4-16-5-7(6)10-12-11-8(15-10)2-3-9(13)14/h4-5H,2-3H2,1H3,(H,13,14). The molecule has 0 unspecified atom stereocenters. The summed E-state index contributed by atoms with van der Waals surface area (Å²) in [6.45, 7) is 1.97. The zero-order valence-corrected chi connectivity index (χ0v) is 9.45. The molecule has 2 aromatic heterocycles. The van der Waals surface area contributed by atoms with Gasteiger partial charge in [-0.15, -0.1) is 10.2 Å². The zero-order chi connectivity index (χ0) is 11.5. The average Bonchev–Trinajstić information content (AvgIpc) is 2.83. The first-order chi connectivity index (χ1) is 7.66. The maximum Gasteiger partial charge on any atom is 0.303 e. The minimum atomic E-state index is -0.869. The molecule has 0 aliphatic heterocycles. The first kappa shape index (κ1) is 10.8. The normalized spacial score (nSPS) is 10.6. The molecule has 0 amide bonds. The Hall–Kier alpha value is -1.69. The van der Waals surface area contributed by atoms with Crippen LogP contribution in [0, 0.1) is 6.92 Å². The van der Waals surface area contributed by atoms with Crippen molar-refractivity contribution >= 4 is 17.3 Å². The first-order valence-corrected chi connectivity index (χ1v) is 5.68. The lowest BCUT2D eigenvalue weighted by Gasteiger charge is -1.91. The van der Waals surface area contributed by atoms with Gasteiger partial charge in [-0.3, -0.25) is 4.79 Å². The Labute approximate surface area is 95.7 Å². The molecule has 0 fully saturated rings. The van der Waals surface area contributed by atoms with E-state index in [-0.39, 0.29) is 12.8 Å². The highest BCUT2D eigenvalue weighted by Crippen LogP contribution is 2.25. The van der Waals surface area contributed by atoms with Crippen molar-refractivity contribution in [3.63, 3.8) is 0 Å². The Morgan fingerprint density at radius 2 is 2.31 bits per heavy atom. The second-order valence-electron chi connectivity index (χ2n) is 3.36. The van der Waals surface area contributed by atoms with Crippen molar-refractivity contribution in [2.24, 2.45) is 0 Å². The highest BCUT2D eigenvalue weighted by atomic mass is 32.1. The fourth-order valence-electron chi connectivity index (χ4n) is 1.26. The van der Waals surface area contributed by atoms with E-state index in [2.05, 4.69) is 10.2 Å². The van der Waals surface area contributed by atoms with Crippen LogP contribution < -0.4 is 0 Å². The maximum atomic E-state index is 10.4. The number of hydrogen-bond donors (Lipinski definition) is 1. The fraction of sp³-hybridized carbons (Fsp3) is 0.300. The molecular weight excluding hydrogens is 228 g/mol. The second kappa shape index (κ2) is 4.44. The molecule has 5 nitrogen and oxygen atoms in total. The van der Waals surface area contributed by atoms with Gasteiger partial charge in [0.2, 0.25) is 11.8 Å². The topological polar surface area (TPSA) is 76.2 Å². The van der Waals surface area contributed by atoms with Crippen molar-refractivity contribution < 1.29 is 14.3 Å². The van der Waals surface area contributed by atoms with Crippen molar-refractivity contribution in [2.75, 3.05) is 0 Å². The van der Waals surface area contributed by atoms with E-state index in [1.807, 2.05) is 17.7 Å². The molecule has 84 valence electrons. The van der Waals surface area contributed by atoms with Crippen LogP contribution in [0.25, 0.3) is 11.5 Å². The van der Waals surface area contributed by atoms with E-state index >= 15 is 0 Å². The van der Waals surface area contributed by atoms with Gasteiger partial charge >= 0.3 is 5.97 Å². The van der Waals surface area contributed by atoms with Gasteiger partial charge in [0.25, 0.3) is 0 Å². The van der Waals surface area contributed by atoms with E-state index in [4.69, 9.17) is 9.52 Å². The number of hydrogen-bond acceptors (Lipinski definition) is 5. The Balaban J connectivity index is 2.14. The summed E-state index contributed by atoms with van der Waals surface area (Å²) in [4.78, 5) is 10.4. The van der Waals surface area contributed by atoms with Crippen LogP contribution in [0.1, 0.15) is 17.9 Å². The monoisotopic (exact) mass is 238 g/mol. The summed E-state index contributed by atoms with van der Waals surface area (Å²) in [5.41, 5.74) is 2.00. The third-order valence-corrected chi connectivity index (χ3v) is 2.97. The van der Waals surface area contributed by atoms with E-state index in [9.17, 15) is 4.79 Å². The summed E-state index contributed by atoms with van der Waals surface area (Å²) < 4.78 is 5.38. The number of aromatic nitrogens is 2. The van der Waals surface area contributed by atoms with Crippen LogP contribution in [-0.4, -0.2) is 21.3 Å². The lowest BCUT2D eigenvalue weighted by atomic mass is 10.2. The van der Waals surface area contributed by atoms with Crippen molar-refractivity contribution in [1.29, 1.82) is 0 Å². The molecule has 6 heteroatoms. The number of thiophene rings is 1. The largest absolute Gasteiger partial charge is 0.481 e. The predicted octanol–water partition coefficient (Wildman–Crippen LogP) is 2.12. The molecule has 2 rings (SSSR count). The van der Waals surface area contributed by atoms with E-state index in [1.165, 1.54) is 0 Å². The van der Waals surface area contributed by atoms with E-state index in [0.717, 1.165) is 11.1 Å². The molecule has 2 aromatic rings. The Morgan fingerprint density at radius 3 is 2.94 bits per heavy atom. The third kappa shape index (κ3) is 2.27. The molecule has 2 heterocycles. The Kier molecular flexibility index (Phi) is 3.00. The van der Waals surface area contributed by atoms with Crippen molar-refractivity contribution in [3.8, 4) is 11.5 Å². The van der Waals surface area contributed by atoms with Gasteiger partial charge in [0, 0.05) is 11.8 Å². The van der Waals surface area contributed by atoms with Crippen LogP contribution in [0.2, 0.25) is 0 Å². The summed E-state index contributed by atoms with van der Waals surface area (Å²) in [5, 5.41) is 20.2. The van der Waals surface area contributed by atoms with Gasteiger partial charge in [0.05, 0.1) is 12.0 Å². The minimum absolute atomic E-state index is 0.00422. The number of aryl methyl sites for hydroxylation is 2. The number of carboxylic acids is 1. The summed E-state index contributed by atoms with van der Waals surface area (Å²) in [6.07, 6.45) is 0.274. The van der Waals surface area contributed by atoms with Crippen molar-refractivity contribution in [1.82, 2.24) is 10.2 Å². The van der Waals surface area contributed by atoms with Crippen molar-refractivity contribution in [3.05, 3.63) is 22.2 Å². The molecule has 0 aromatic carbocycles. The SMILES string of the molecule is Cc1cscc1-c1nnc(CCC(=O)O)o1. The number of carboxylic acid groups (broad SMARTS) is 1. The molecule has 0 aliphatic carbocycles. The molecule has 16 heavy (non-hydrogen) atoms. The lowest BCUT2D eigenvalue weighted by Crippen LogP contribution is -1.97. The molecule has 1 N–H and O–H groups in total. The summed E-state index contributed by atoms with van der Waals surface area (Å²) in [5.74, 6) is -0.0476. The summed E-state index contributed by atoms with van der Waals surface area (Å²) >= 11 is 1.57. The molecule has 0 saturated carbocycles. The Bertz CT molecular complexity index is 504. The number of nitrogens with zero attached hydrogens (tertiary/aromatic N) is 2.